The highest BCUT2D eigenvalue weighted by Gasteiger charge is 2.25. The molecule has 8 nitrogen and oxygen atoms in total. The lowest BCUT2D eigenvalue weighted by Gasteiger charge is -2.31. The summed E-state index contributed by atoms with van der Waals surface area (Å²) < 4.78 is 6.30. The SMILES string of the molecule is COCc1c(C(=O)O)nnn1CC(=O)N(C)C1CCCCC1. The van der Waals surface area contributed by atoms with Crippen LogP contribution in [0.3, 0.4) is 0 Å². The van der Waals surface area contributed by atoms with Crippen LogP contribution in [0, 0.1) is 0 Å². The van der Waals surface area contributed by atoms with Crippen molar-refractivity contribution >= 4 is 11.9 Å². The van der Waals surface area contributed by atoms with E-state index in [1.807, 2.05) is 0 Å². The number of carboxylic acids is 1. The molecule has 8 heteroatoms. The molecule has 1 aromatic rings. The van der Waals surface area contributed by atoms with Crippen molar-refractivity contribution < 1.29 is 19.4 Å². The molecule has 122 valence electrons. The van der Waals surface area contributed by atoms with Gasteiger partial charge in [0.05, 0.1) is 12.3 Å². The Morgan fingerprint density at radius 1 is 1.36 bits per heavy atom. The number of hydrogen-bond acceptors (Lipinski definition) is 5. The molecule has 1 amide bonds. The number of likely N-dealkylation sites (N-methyl/N-ethyl adjacent to an activating group) is 1. The van der Waals surface area contributed by atoms with Gasteiger partial charge in [0.1, 0.15) is 6.54 Å². The van der Waals surface area contributed by atoms with Crippen LogP contribution in [0.25, 0.3) is 0 Å². The predicted octanol–water partition coefficient (Wildman–Crippen LogP) is 0.914. The molecule has 0 unspecified atom stereocenters. The Morgan fingerprint density at radius 2 is 2.05 bits per heavy atom. The molecule has 1 N–H and O–H groups in total. The third-order valence-corrected chi connectivity index (χ3v) is 4.12. The zero-order valence-electron chi connectivity index (χ0n) is 13.0. The Morgan fingerprint density at radius 3 is 2.64 bits per heavy atom. The molecule has 1 aromatic heterocycles. The Hall–Kier alpha value is -1.96. The molecule has 22 heavy (non-hydrogen) atoms. The number of nitrogens with zero attached hydrogens (tertiary/aromatic N) is 4. The van der Waals surface area contributed by atoms with Crippen molar-refractivity contribution in [2.45, 2.75) is 51.3 Å². The number of rotatable bonds is 6. The number of aromatic carboxylic acids is 1. The van der Waals surface area contributed by atoms with Crippen LogP contribution in [0.4, 0.5) is 0 Å². The van der Waals surface area contributed by atoms with E-state index < -0.39 is 5.97 Å². The average Bonchev–Trinajstić information content (AvgIpc) is 2.91. The second-order valence-electron chi connectivity index (χ2n) is 5.58. The standard InChI is InChI=1S/C14H22N4O4/c1-17(10-6-4-3-5-7-10)12(19)8-18-11(9-22-2)13(14(20)21)15-16-18/h10H,3-9H2,1-2H3,(H,20,21). The lowest BCUT2D eigenvalue weighted by molar-refractivity contribution is -0.133. The van der Waals surface area contributed by atoms with E-state index in [1.165, 1.54) is 18.2 Å². The van der Waals surface area contributed by atoms with Gasteiger partial charge in [-0.3, -0.25) is 4.79 Å². The van der Waals surface area contributed by atoms with Crippen molar-refractivity contribution in [3.8, 4) is 0 Å². The molecule has 0 bridgehead atoms. The van der Waals surface area contributed by atoms with Gasteiger partial charge in [-0.2, -0.15) is 0 Å². The molecule has 2 rings (SSSR count). The maximum absolute atomic E-state index is 12.4. The summed E-state index contributed by atoms with van der Waals surface area (Å²) in [4.78, 5) is 25.3. The molecule has 0 aliphatic heterocycles. The minimum absolute atomic E-state index is 0.0219. The summed E-state index contributed by atoms with van der Waals surface area (Å²) in [7, 11) is 3.25. The van der Waals surface area contributed by atoms with Crippen molar-refractivity contribution in [1.29, 1.82) is 0 Å². The van der Waals surface area contributed by atoms with Crippen molar-refractivity contribution in [2.75, 3.05) is 14.2 Å². The van der Waals surface area contributed by atoms with E-state index in [0.29, 0.717) is 5.69 Å². The Kier molecular flexibility index (Phi) is 5.48. The number of methoxy groups -OCH3 is 1. The van der Waals surface area contributed by atoms with Gasteiger partial charge >= 0.3 is 5.97 Å². The second kappa shape index (κ2) is 7.35. The molecule has 0 aromatic carbocycles. The summed E-state index contributed by atoms with van der Waals surface area (Å²) in [6.45, 7) is 0.0288. The zero-order valence-corrected chi connectivity index (χ0v) is 13.0. The van der Waals surface area contributed by atoms with Gasteiger partial charge < -0.3 is 14.7 Å². The van der Waals surface area contributed by atoms with E-state index >= 15 is 0 Å². The zero-order chi connectivity index (χ0) is 16.1. The smallest absolute Gasteiger partial charge is 0.358 e. The average molecular weight is 310 g/mol. The first-order valence-corrected chi connectivity index (χ1v) is 7.44. The van der Waals surface area contributed by atoms with Crippen molar-refractivity contribution in [3.05, 3.63) is 11.4 Å². The van der Waals surface area contributed by atoms with Gasteiger partial charge in [-0.1, -0.05) is 24.5 Å². The first-order valence-electron chi connectivity index (χ1n) is 7.44. The summed E-state index contributed by atoms with van der Waals surface area (Å²) in [5.74, 6) is -1.27. The summed E-state index contributed by atoms with van der Waals surface area (Å²) in [5.41, 5.74) is 0.135. The van der Waals surface area contributed by atoms with Crippen LogP contribution in [-0.2, 0) is 22.7 Å². The highest BCUT2D eigenvalue weighted by Crippen LogP contribution is 2.22. The van der Waals surface area contributed by atoms with Gasteiger partial charge in [-0.25, -0.2) is 9.48 Å². The molecule has 1 heterocycles. The second-order valence-corrected chi connectivity index (χ2v) is 5.58. The number of hydrogen-bond donors (Lipinski definition) is 1. The van der Waals surface area contributed by atoms with Gasteiger partial charge in [0.25, 0.3) is 0 Å². The molecular weight excluding hydrogens is 288 g/mol. The fourth-order valence-electron chi connectivity index (χ4n) is 2.82. The minimum atomic E-state index is -1.17. The summed E-state index contributed by atoms with van der Waals surface area (Å²) in [6, 6.07) is 0.259. The summed E-state index contributed by atoms with van der Waals surface area (Å²) in [6.07, 6.45) is 5.55. The molecule has 1 fully saturated rings. The molecule has 0 spiro atoms. The van der Waals surface area contributed by atoms with E-state index in [2.05, 4.69) is 10.3 Å². The van der Waals surface area contributed by atoms with Gasteiger partial charge in [-0.05, 0) is 12.8 Å². The van der Waals surface area contributed by atoms with E-state index in [0.717, 1.165) is 25.7 Å². The van der Waals surface area contributed by atoms with Crippen LogP contribution < -0.4 is 0 Å². The van der Waals surface area contributed by atoms with E-state index in [-0.39, 0.29) is 30.8 Å². The van der Waals surface area contributed by atoms with Crippen LogP contribution in [0.2, 0.25) is 0 Å². The van der Waals surface area contributed by atoms with Crippen LogP contribution in [-0.4, -0.2) is 57.1 Å². The van der Waals surface area contributed by atoms with Gasteiger partial charge in [-0.15, -0.1) is 5.10 Å². The van der Waals surface area contributed by atoms with Crippen LogP contribution >= 0.6 is 0 Å². The number of carboxylic acid groups (broad SMARTS) is 1. The lowest BCUT2D eigenvalue weighted by Crippen LogP contribution is -2.40. The normalized spacial score (nSPS) is 15.7. The van der Waals surface area contributed by atoms with E-state index in [9.17, 15) is 9.59 Å². The maximum atomic E-state index is 12.4. The Balaban J connectivity index is 2.08. The number of ether oxygens (including phenoxy) is 1. The predicted molar refractivity (Wildman–Crippen MR) is 77.3 cm³/mol. The third-order valence-electron chi connectivity index (χ3n) is 4.12. The molecule has 1 aliphatic carbocycles. The molecule has 0 atom stereocenters. The highest BCUT2D eigenvalue weighted by atomic mass is 16.5. The number of amides is 1. The Bertz CT molecular complexity index is 537. The van der Waals surface area contributed by atoms with Crippen LogP contribution in [0.5, 0.6) is 0 Å². The number of aromatic nitrogens is 3. The van der Waals surface area contributed by atoms with E-state index in [1.54, 1.807) is 11.9 Å². The molecule has 0 radical (unpaired) electrons. The highest BCUT2D eigenvalue weighted by molar-refractivity contribution is 5.86. The van der Waals surface area contributed by atoms with Crippen LogP contribution in [0.15, 0.2) is 0 Å². The molecule has 1 saturated carbocycles. The number of carbonyl (C=O) groups is 2. The summed E-state index contributed by atoms with van der Waals surface area (Å²) in [5, 5.41) is 16.5. The van der Waals surface area contributed by atoms with Crippen molar-refractivity contribution in [2.24, 2.45) is 0 Å². The van der Waals surface area contributed by atoms with Gasteiger partial charge in [0.15, 0.2) is 5.69 Å². The topological polar surface area (TPSA) is 97.5 Å². The maximum Gasteiger partial charge on any atom is 0.358 e. The van der Waals surface area contributed by atoms with Crippen molar-refractivity contribution in [1.82, 2.24) is 19.9 Å². The monoisotopic (exact) mass is 310 g/mol. The first-order chi connectivity index (χ1) is 10.5. The quantitative estimate of drug-likeness (QED) is 0.839. The largest absolute Gasteiger partial charge is 0.476 e. The molecular formula is C14H22N4O4. The first kappa shape index (κ1) is 16.4. The summed E-state index contributed by atoms with van der Waals surface area (Å²) >= 11 is 0. The Labute approximate surface area is 129 Å². The molecule has 0 saturated heterocycles. The van der Waals surface area contributed by atoms with Crippen LogP contribution in [0.1, 0.15) is 48.3 Å². The van der Waals surface area contributed by atoms with Gasteiger partial charge in [0.2, 0.25) is 5.91 Å². The fraction of sp³-hybridized carbons (Fsp3) is 0.714. The third kappa shape index (κ3) is 3.62. The fourth-order valence-corrected chi connectivity index (χ4v) is 2.82. The van der Waals surface area contributed by atoms with Gasteiger partial charge in [0, 0.05) is 20.2 Å². The van der Waals surface area contributed by atoms with Crippen molar-refractivity contribution in [3.63, 3.8) is 0 Å². The number of carbonyl (C=O) groups excluding carboxylic acids is 1. The van der Waals surface area contributed by atoms with E-state index in [4.69, 9.17) is 9.84 Å². The lowest BCUT2D eigenvalue weighted by atomic mass is 9.94. The molecule has 1 aliphatic rings. The minimum Gasteiger partial charge on any atom is -0.476 e.